The minimum absolute atomic E-state index is 0. The van der Waals surface area contributed by atoms with E-state index in [0.29, 0.717) is 55.1 Å². The number of nitrogens with one attached hydrogen (secondary N) is 1. The van der Waals surface area contributed by atoms with Crippen LogP contribution in [0.5, 0.6) is 5.75 Å². The second-order valence-corrected chi connectivity index (χ2v) is 18.0. The van der Waals surface area contributed by atoms with Crippen molar-refractivity contribution in [2.75, 3.05) is 70.7 Å². The van der Waals surface area contributed by atoms with Crippen LogP contribution in [0.4, 0.5) is 10.9 Å². The fourth-order valence-corrected chi connectivity index (χ4v) is 7.36. The van der Waals surface area contributed by atoms with Crippen molar-refractivity contribution in [3.8, 4) is 5.75 Å². The number of carbonyl (C=O) groups is 3. The molecule has 4 aromatic heterocycles. The molecule has 320 valence electrons. The van der Waals surface area contributed by atoms with E-state index in [1.54, 1.807) is 41.0 Å². The number of rotatable bonds is 12. The summed E-state index contributed by atoms with van der Waals surface area (Å²) in [5.41, 5.74) is 1.52. The van der Waals surface area contributed by atoms with E-state index < -0.39 is 5.60 Å². The van der Waals surface area contributed by atoms with Crippen LogP contribution >= 0.6 is 11.3 Å². The number of nitrogens with zero attached hydrogens (tertiary/aromatic N) is 10. The zero-order valence-corrected chi connectivity index (χ0v) is 37.8. The molecule has 5 heterocycles. The highest BCUT2D eigenvalue weighted by Gasteiger charge is 2.32. The molecule has 1 fully saturated rings. The van der Waals surface area contributed by atoms with Crippen LogP contribution in [0.15, 0.2) is 52.8 Å². The predicted molar refractivity (Wildman–Crippen MR) is 226 cm³/mol. The lowest BCUT2D eigenvalue weighted by Gasteiger charge is -2.37. The second kappa shape index (κ2) is 18.4. The van der Waals surface area contributed by atoms with Crippen LogP contribution < -0.4 is 37.5 Å². The van der Waals surface area contributed by atoms with Gasteiger partial charge in [0.05, 0.1) is 39.0 Å². The minimum atomic E-state index is -0.622. The Morgan fingerprint density at radius 1 is 0.950 bits per heavy atom. The van der Waals surface area contributed by atoms with Crippen molar-refractivity contribution in [3.63, 3.8) is 0 Å². The number of pyridine rings is 1. The number of anilines is 2. The SMILES string of the molecule is COc1ccc(Cn2nnnc2C=Cc2c(N3CCN(C(=O)C[N+](C)(C)CC(=O)OC(C)(C)C)CC3)nc3cc(C(=O)Nc4nc(C(C)(C)C)cs4)ccn3c2=O)cc1.[Br-]. The van der Waals surface area contributed by atoms with Gasteiger partial charge in [-0.25, -0.2) is 19.4 Å². The lowest BCUT2D eigenvalue weighted by atomic mass is 9.93. The van der Waals surface area contributed by atoms with Gasteiger partial charge in [0, 0.05) is 48.7 Å². The molecular formula is C41H52BrN11O6S. The number of esters is 1. The average molecular weight is 907 g/mol. The minimum Gasteiger partial charge on any atom is -1.00 e. The number of halogens is 1. The van der Waals surface area contributed by atoms with Gasteiger partial charge in [-0.2, -0.15) is 0 Å². The molecule has 0 radical (unpaired) electrons. The van der Waals surface area contributed by atoms with Crippen LogP contribution in [-0.2, 0) is 26.3 Å². The zero-order valence-electron chi connectivity index (χ0n) is 35.4. The van der Waals surface area contributed by atoms with E-state index in [1.807, 2.05) is 69.4 Å². The number of hydrogen-bond donors (Lipinski definition) is 1. The molecule has 0 aliphatic carbocycles. The van der Waals surface area contributed by atoms with Crippen LogP contribution in [0.3, 0.4) is 0 Å². The van der Waals surface area contributed by atoms with Gasteiger partial charge in [0.15, 0.2) is 24.0 Å². The Bertz CT molecular complexity index is 2420. The molecule has 17 nitrogen and oxygen atoms in total. The lowest BCUT2D eigenvalue weighted by Crippen LogP contribution is -3.00. The molecular weight excluding hydrogens is 854 g/mol. The quantitative estimate of drug-likeness (QED) is 0.139. The molecule has 0 unspecified atom stereocenters. The Hall–Kier alpha value is -5.53. The summed E-state index contributed by atoms with van der Waals surface area (Å²) in [6.45, 7) is 13.6. The lowest BCUT2D eigenvalue weighted by molar-refractivity contribution is -0.875. The van der Waals surface area contributed by atoms with Gasteiger partial charge in [-0.15, -0.1) is 16.4 Å². The second-order valence-electron chi connectivity index (χ2n) is 17.1. The number of thiazole rings is 1. The molecule has 1 aromatic carbocycles. The first kappa shape index (κ1) is 45.6. The van der Waals surface area contributed by atoms with Gasteiger partial charge in [0.1, 0.15) is 22.8 Å². The number of ether oxygens (including phenoxy) is 2. The van der Waals surface area contributed by atoms with E-state index in [1.165, 1.54) is 21.9 Å². The van der Waals surface area contributed by atoms with Gasteiger partial charge in [-0.05, 0) is 73.2 Å². The van der Waals surface area contributed by atoms with Crippen molar-refractivity contribution >= 4 is 57.9 Å². The van der Waals surface area contributed by atoms with E-state index in [2.05, 4.69) is 46.6 Å². The van der Waals surface area contributed by atoms with E-state index >= 15 is 0 Å². The number of benzene rings is 1. The zero-order chi connectivity index (χ0) is 42.7. The molecule has 1 aliphatic rings. The summed E-state index contributed by atoms with van der Waals surface area (Å²) in [6.07, 6.45) is 4.85. The van der Waals surface area contributed by atoms with Crippen molar-refractivity contribution < 1.29 is 45.3 Å². The molecule has 2 amide bonds. The van der Waals surface area contributed by atoms with Gasteiger partial charge in [0.2, 0.25) is 0 Å². The van der Waals surface area contributed by atoms with Gasteiger partial charge >= 0.3 is 5.97 Å². The maximum Gasteiger partial charge on any atom is 0.362 e. The number of carbonyl (C=O) groups excluding carboxylic acids is 3. The monoisotopic (exact) mass is 905 g/mol. The number of likely N-dealkylation sites (N-methyl/N-ethyl adjacent to an activating group) is 1. The number of piperazine rings is 1. The van der Waals surface area contributed by atoms with Crippen molar-refractivity contribution in [1.82, 2.24) is 39.5 Å². The topological polar surface area (TPSA) is 179 Å². The highest BCUT2D eigenvalue weighted by atomic mass is 79.9. The first-order valence-electron chi connectivity index (χ1n) is 19.3. The maximum absolute atomic E-state index is 14.3. The van der Waals surface area contributed by atoms with Crippen molar-refractivity contribution in [2.45, 2.75) is 59.1 Å². The number of tetrazole rings is 1. The smallest absolute Gasteiger partial charge is 0.362 e. The molecule has 60 heavy (non-hydrogen) atoms. The Kier molecular flexibility index (Phi) is 14.0. The number of aromatic nitrogens is 7. The van der Waals surface area contributed by atoms with Gasteiger partial charge < -0.3 is 40.7 Å². The van der Waals surface area contributed by atoms with Gasteiger partial charge in [-0.1, -0.05) is 32.9 Å². The fourth-order valence-electron chi connectivity index (χ4n) is 6.43. The van der Waals surface area contributed by atoms with E-state index in [-0.39, 0.29) is 74.5 Å². The molecule has 6 rings (SSSR count). The molecule has 19 heteroatoms. The van der Waals surface area contributed by atoms with Crippen LogP contribution in [0.25, 0.3) is 17.8 Å². The number of amides is 2. The first-order valence-corrected chi connectivity index (χ1v) is 20.1. The van der Waals surface area contributed by atoms with Crippen molar-refractivity contribution in [3.05, 3.63) is 86.5 Å². The largest absolute Gasteiger partial charge is 1.00 e. The molecule has 0 atom stereocenters. The third-order valence-electron chi connectivity index (χ3n) is 9.52. The Balaban J connectivity index is 0.00000683. The first-order chi connectivity index (χ1) is 27.8. The average Bonchev–Trinajstić information content (AvgIpc) is 3.83. The molecule has 1 aliphatic heterocycles. The van der Waals surface area contributed by atoms with Crippen LogP contribution in [0.2, 0.25) is 0 Å². The molecule has 1 saturated heterocycles. The third-order valence-corrected chi connectivity index (χ3v) is 10.3. The standard InChI is InChI=1S/C41H51N11O6S.BrH/c1-40(2,3)31-26-59-39(42-31)44-37(55)28-16-17-50-33(22-28)43-36(49-20-18-48(19-21-49)34(53)24-52(7,8)25-35(54)58-41(4,5)6)30(38(50)56)14-15-32-45-46-47-51(32)23-27-10-12-29(57-9)13-11-27;/h10-17,22,26H,18-21,23-25H2,1-9H3;1H. The summed E-state index contributed by atoms with van der Waals surface area (Å²) in [5.74, 6) is 0.687. The van der Waals surface area contributed by atoms with Crippen LogP contribution in [0.1, 0.15) is 74.5 Å². The molecule has 0 bridgehead atoms. The summed E-state index contributed by atoms with van der Waals surface area (Å²) in [7, 11) is 5.26. The predicted octanol–water partition coefficient (Wildman–Crippen LogP) is 0.985. The van der Waals surface area contributed by atoms with Crippen LogP contribution in [0, 0.1) is 0 Å². The summed E-state index contributed by atoms with van der Waals surface area (Å²) in [4.78, 5) is 67.1. The summed E-state index contributed by atoms with van der Waals surface area (Å²) in [5, 5.41) is 17.5. The van der Waals surface area contributed by atoms with E-state index in [4.69, 9.17) is 14.5 Å². The van der Waals surface area contributed by atoms with E-state index in [0.717, 1.165) is 17.0 Å². The highest BCUT2D eigenvalue weighted by molar-refractivity contribution is 7.14. The Morgan fingerprint density at radius 3 is 2.28 bits per heavy atom. The summed E-state index contributed by atoms with van der Waals surface area (Å²) >= 11 is 1.35. The summed E-state index contributed by atoms with van der Waals surface area (Å²) in [6, 6.07) is 10.7. The number of hydrogen-bond acceptors (Lipinski definition) is 13. The third kappa shape index (κ3) is 11.4. The number of methoxy groups -OCH3 is 1. The Labute approximate surface area is 363 Å². The van der Waals surface area contributed by atoms with E-state index in [9.17, 15) is 19.2 Å². The van der Waals surface area contributed by atoms with Crippen molar-refractivity contribution in [1.29, 1.82) is 0 Å². The Morgan fingerprint density at radius 2 is 1.65 bits per heavy atom. The van der Waals surface area contributed by atoms with Crippen LogP contribution in [-0.4, -0.2) is 128 Å². The molecule has 0 spiro atoms. The normalized spacial score (nSPS) is 13.7. The molecule has 5 aromatic rings. The van der Waals surface area contributed by atoms with Gasteiger partial charge in [-0.3, -0.25) is 24.1 Å². The molecule has 1 N–H and O–H groups in total. The van der Waals surface area contributed by atoms with Crippen molar-refractivity contribution in [2.24, 2.45) is 0 Å². The van der Waals surface area contributed by atoms with Gasteiger partial charge in [0.25, 0.3) is 17.4 Å². The number of fused-ring (bicyclic) bond motifs is 1. The summed E-state index contributed by atoms with van der Waals surface area (Å²) < 4.78 is 13.9. The highest BCUT2D eigenvalue weighted by Crippen LogP contribution is 2.27. The fraction of sp³-hybridized carbons (Fsp3) is 0.439. The maximum atomic E-state index is 14.3. The molecule has 0 saturated carbocycles. The number of quaternary nitrogens is 1.